The van der Waals surface area contributed by atoms with Crippen LogP contribution < -0.4 is 0 Å². The molecule has 102 valence electrons. The minimum atomic E-state index is -0.936. The summed E-state index contributed by atoms with van der Waals surface area (Å²) in [7, 11) is 0. The first-order valence-electron chi connectivity index (χ1n) is 6.35. The zero-order valence-corrected chi connectivity index (χ0v) is 11.0. The van der Waals surface area contributed by atoms with Crippen molar-refractivity contribution in [3.63, 3.8) is 0 Å². The summed E-state index contributed by atoms with van der Waals surface area (Å²) in [5.41, 5.74) is 2.46. The summed E-state index contributed by atoms with van der Waals surface area (Å²) in [6.07, 6.45) is 3.45. The normalized spacial score (nSPS) is 10.4. The topological polar surface area (TPSA) is 78.9 Å². The molecular formula is C16H11N3O2. The molecule has 0 radical (unpaired) electrons. The number of aromatic carboxylic acids is 1. The van der Waals surface area contributed by atoms with E-state index in [-0.39, 0.29) is 0 Å². The van der Waals surface area contributed by atoms with Crippen molar-refractivity contribution < 1.29 is 9.90 Å². The number of carboxylic acids is 1. The third kappa shape index (κ3) is 2.35. The Labute approximate surface area is 120 Å². The van der Waals surface area contributed by atoms with Gasteiger partial charge in [-0.25, -0.2) is 9.78 Å². The van der Waals surface area contributed by atoms with Gasteiger partial charge in [-0.1, -0.05) is 6.07 Å². The highest BCUT2D eigenvalue weighted by molar-refractivity contribution is 6.02. The molecule has 0 unspecified atom stereocenters. The molecule has 0 aliphatic carbocycles. The molecule has 0 atom stereocenters. The molecule has 0 spiro atoms. The van der Waals surface area contributed by atoms with Crippen LogP contribution in [0.4, 0.5) is 0 Å². The van der Waals surface area contributed by atoms with E-state index in [0.29, 0.717) is 23.2 Å². The summed E-state index contributed by atoms with van der Waals surface area (Å²) < 4.78 is 1.96. The van der Waals surface area contributed by atoms with E-state index >= 15 is 0 Å². The van der Waals surface area contributed by atoms with Crippen LogP contribution in [-0.4, -0.2) is 20.6 Å². The third-order valence-electron chi connectivity index (χ3n) is 3.34. The van der Waals surface area contributed by atoms with Crippen LogP contribution in [0.3, 0.4) is 0 Å². The van der Waals surface area contributed by atoms with Gasteiger partial charge in [-0.15, -0.1) is 0 Å². The first-order chi connectivity index (χ1) is 10.2. The summed E-state index contributed by atoms with van der Waals surface area (Å²) in [5, 5.41) is 18.8. The number of pyridine rings is 1. The van der Waals surface area contributed by atoms with Crippen molar-refractivity contribution in [2.24, 2.45) is 0 Å². The number of nitriles is 1. The summed E-state index contributed by atoms with van der Waals surface area (Å²) >= 11 is 0. The smallest absolute Gasteiger partial charge is 0.336 e. The number of aromatic nitrogens is 2. The van der Waals surface area contributed by atoms with Crippen molar-refractivity contribution in [3.05, 3.63) is 65.6 Å². The lowest BCUT2D eigenvalue weighted by molar-refractivity contribution is 0.0699. The Bertz CT molecular complexity index is 875. The van der Waals surface area contributed by atoms with Gasteiger partial charge in [0.15, 0.2) is 0 Å². The number of rotatable bonds is 3. The minimum absolute atomic E-state index is 0.290. The molecule has 1 N–H and O–H groups in total. The van der Waals surface area contributed by atoms with Crippen LogP contribution >= 0.6 is 0 Å². The second-order valence-electron chi connectivity index (χ2n) is 4.65. The number of carbonyl (C=O) groups is 1. The lowest BCUT2D eigenvalue weighted by atomic mass is 10.1. The first kappa shape index (κ1) is 12.9. The molecule has 0 saturated heterocycles. The van der Waals surface area contributed by atoms with Crippen LogP contribution in [0.1, 0.15) is 21.6 Å². The Hall–Kier alpha value is -3.13. The second-order valence-corrected chi connectivity index (χ2v) is 4.65. The average Bonchev–Trinajstić information content (AvgIpc) is 2.90. The van der Waals surface area contributed by atoms with Gasteiger partial charge >= 0.3 is 5.97 Å². The maximum absolute atomic E-state index is 11.2. The fourth-order valence-corrected chi connectivity index (χ4v) is 2.38. The van der Waals surface area contributed by atoms with Gasteiger partial charge in [0, 0.05) is 29.8 Å². The van der Waals surface area contributed by atoms with Gasteiger partial charge < -0.3 is 9.67 Å². The fraction of sp³-hybridized carbons (Fsp3) is 0.0625. The SMILES string of the molecule is N#Cc1cc(Cn2ccc3c(C(=O)O)cccc32)ccn1. The molecule has 0 aliphatic rings. The number of benzene rings is 1. The Morgan fingerprint density at radius 2 is 2.19 bits per heavy atom. The molecule has 0 fully saturated rings. The molecule has 5 heteroatoms. The monoisotopic (exact) mass is 277 g/mol. The lowest BCUT2D eigenvalue weighted by Gasteiger charge is -2.06. The number of hydrogen-bond acceptors (Lipinski definition) is 3. The molecule has 1 aromatic carbocycles. The van der Waals surface area contributed by atoms with E-state index in [9.17, 15) is 9.90 Å². The third-order valence-corrected chi connectivity index (χ3v) is 3.34. The number of carboxylic acid groups (broad SMARTS) is 1. The standard InChI is InChI=1S/C16H11N3O2/c17-9-12-8-11(4-6-18-12)10-19-7-5-13-14(16(20)21)2-1-3-15(13)19/h1-8H,10H2,(H,20,21). The summed E-state index contributed by atoms with van der Waals surface area (Å²) in [6, 6.07) is 12.6. The van der Waals surface area contributed by atoms with Crippen molar-refractivity contribution in [2.75, 3.05) is 0 Å². The van der Waals surface area contributed by atoms with Crippen molar-refractivity contribution >= 4 is 16.9 Å². The highest BCUT2D eigenvalue weighted by Crippen LogP contribution is 2.21. The first-order valence-corrected chi connectivity index (χ1v) is 6.35. The molecular weight excluding hydrogens is 266 g/mol. The van der Waals surface area contributed by atoms with Crippen LogP contribution in [0.2, 0.25) is 0 Å². The summed E-state index contributed by atoms with van der Waals surface area (Å²) in [4.78, 5) is 15.2. The maximum Gasteiger partial charge on any atom is 0.336 e. The molecule has 5 nitrogen and oxygen atoms in total. The minimum Gasteiger partial charge on any atom is -0.478 e. The van der Waals surface area contributed by atoms with E-state index < -0.39 is 5.97 Å². The largest absolute Gasteiger partial charge is 0.478 e. The molecule has 21 heavy (non-hydrogen) atoms. The number of hydrogen-bond donors (Lipinski definition) is 1. The molecule has 2 aromatic heterocycles. The van der Waals surface area contributed by atoms with Gasteiger partial charge in [-0.2, -0.15) is 5.26 Å². The predicted molar refractivity (Wildman–Crippen MR) is 77.0 cm³/mol. The van der Waals surface area contributed by atoms with Crippen molar-refractivity contribution in [1.29, 1.82) is 5.26 Å². The Morgan fingerprint density at radius 1 is 1.33 bits per heavy atom. The van der Waals surface area contributed by atoms with Gasteiger partial charge in [0.1, 0.15) is 11.8 Å². The van der Waals surface area contributed by atoms with Crippen LogP contribution in [0, 0.1) is 11.3 Å². The van der Waals surface area contributed by atoms with Gasteiger partial charge in [-0.3, -0.25) is 0 Å². The molecule has 2 heterocycles. The Morgan fingerprint density at radius 3 is 2.95 bits per heavy atom. The van der Waals surface area contributed by atoms with Gasteiger partial charge in [0.25, 0.3) is 0 Å². The van der Waals surface area contributed by atoms with E-state index in [1.54, 1.807) is 30.5 Å². The van der Waals surface area contributed by atoms with E-state index in [2.05, 4.69) is 4.98 Å². The molecule has 0 saturated carbocycles. The zero-order valence-electron chi connectivity index (χ0n) is 11.0. The summed E-state index contributed by atoms with van der Waals surface area (Å²) in [5.74, 6) is -0.936. The zero-order chi connectivity index (χ0) is 14.8. The van der Waals surface area contributed by atoms with Crippen molar-refractivity contribution in [2.45, 2.75) is 6.54 Å². The Kier molecular flexibility index (Phi) is 3.13. The number of nitrogens with zero attached hydrogens (tertiary/aromatic N) is 3. The molecule has 3 rings (SSSR count). The van der Waals surface area contributed by atoms with Crippen molar-refractivity contribution in [1.82, 2.24) is 9.55 Å². The van der Waals surface area contributed by atoms with E-state index in [1.807, 2.05) is 29.0 Å². The van der Waals surface area contributed by atoms with E-state index in [0.717, 1.165) is 11.1 Å². The highest BCUT2D eigenvalue weighted by atomic mass is 16.4. The predicted octanol–water partition coefficient (Wildman–Crippen LogP) is 2.65. The van der Waals surface area contributed by atoms with Crippen LogP contribution in [0.5, 0.6) is 0 Å². The van der Waals surface area contributed by atoms with Gasteiger partial charge in [-0.05, 0) is 35.9 Å². The van der Waals surface area contributed by atoms with Crippen LogP contribution in [0.25, 0.3) is 10.9 Å². The van der Waals surface area contributed by atoms with Crippen molar-refractivity contribution in [3.8, 4) is 6.07 Å². The van der Waals surface area contributed by atoms with Gasteiger partial charge in [0.2, 0.25) is 0 Å². The quantitative estimate of drug-likeness (QED) is 0.798. The van der Waals surface area contributed by atoms with E-state index in [4.69, 9.17) is 5.26 Å². The molecule has 3 aromatic rings. The number of fused-ring (bicyclic) bond motifs is 1. The molecule has 0 aliphatic heterocycles. The Balaban J connectivity index is 2.04. The summed E-state index contributed by atoms with van der Waals surface area (Å²) in [6.45, 7) is 0.559. The highest BCUT2D eigenvalue weighted by Gasteiger charge is 2.11. The van der Waals surface area contributed by atoms with E-state index in [1.165, 1.54) is 0 Å². The lowest BCUT2D eigenvalue weighted by Crippen LogP contribution is -2.00. The van der Waals surface area contributed by atoms with Crippen LogP contribution in [0.15, 0.2) is 48.8 Å². The van der Waals surface area contributed by atoms with Crippen LogP contribution in [-0.2, 0) is 6.54 Å². The molecule has 0 amide bonds. The second kappa shape index (κ2) is 5.10. The van der Waals surface area contributed by atoms with Gasteiger partial charge in [0.05, 0.1) is 5.56 Å². The fourth-order valence-electron chi connectivity index (χ4n) is 2.38. The molecule has 0 bridgehead atoms. The average molecular weight is 277 g/mol. The maximum atomic E-state index is 11.2.